The van der Waals surface area contributed by atoms with Crippen molar-refractivity contribution >= 4 is 40.8 Å². The number of methoxy groups -OCH3 is 1. The summed E-state index contributed by atoms with van der Waals surface area (Å²) in [5.74, 6) is -4.48. The van der Waals surface area contributed by atoms with Crippen LogP contribution in [0.25, 0.3) is 0 Å². The minimum absolute atomic E-state index is 0.0189. The van der Waals surface area contributed by atoms with Crippen LogP contribution in [-0.4, -0.2) is 41.2 Å². The molecule has 4 atom stereocenters. The molecular weight excluding hydrogens is 623 g/mol. The van der Waals surface area contributed by atoms with Crippen molar-refractivity contribution < 1.29 is 28.2 Å². The lowest BCUT2D eigenvalue weighted by molar-refractivity contribution is -0.119. The van der Waals surface area contributed by atoms with E-state index in [0.29, 0.717) is 17.8 Å². The number of carbonyl (C=O) groups excluding carboxylic acids is 1. The van der Waals surface area contributed by atoms with Crippen LogP contribution in [0, 0.1) is 28.4 Å². The van der Waals surface area contributed by atoms with Crippen molar-refractivity contribution in [2.75, 3.05) is 12.0 Å². The van der Waals surface area contributed by atoms with E-state index in [9.17, 15) is 20.0 Å². The molecule has 2 fully saturated rings. The second-order valence-corrected chi connectivity index (χ2v) is 13.0. The van der Waals surface area contributed by atoms with Crippen LogP contribution in [-0.2, 0) is 10.2 Å². The SMILES string of the molecule is CCC1N(c2ccc(C(=O)O)c(OC)c2)C(=O)C2C(c3cccc(Cl)c3F)C(C#N)(c3ccc(Cl)cc3F)C(=CC(C)(C)C)N21. The van der Waals surface area contributed by atoms with Crippen LogP contribution in [0.5, 0.6) is 5.75 Å². The molecule has 3 aromatic carbocycles. The molecule has 0 saturated carbocycles. The third-order valence-corrected chi connectivity index (χ3v) is 8.88. The Labute approximate surface area is 270 Å². The average Bonchev–Trinajstić information content (AvgIpc) is 3.42. The van der Waals surface area contributed by atoms with Crippen LogP contribution in [0.2, 0.25) is 10.0 Å². The number of allylic oxidation sites excluding steroid dienone is 2. The van der Waals surface area contributed by atoms with E-state index in [1.54, 1.807) is 4.90 Å². The summed E-state index contributed by atoms with van der Waals surface area (Å²) in [4.78, 5) is 29.8. The summed E-state index contributed by atoms with van der Waals surface area (Å²) in [6, 6.07) is 13.8. The number of hydrogen-bond donors (Lipinski definition) is 1. The molecule has 2 aliphatic rings. The molecule has 1 N–H and O–H groups in total. The van der Waals surface area contributed by atoms with Gasteiger partial charge in [-0.3, -0.25) is 9.69 Å². The first kappa shape index (κ1) is 32.3. The maximum absolute atomic E-state index is 16.1. The number of nitriles is 1. The van der Waals surface area contributed by atoms with Gasteiger partial charge in [0.15, 0.2) is 0 Å². The Hall–Kier alpha value is -4.13. The maximum Gasteiger partial charge on any atom is 0.339 e. The van der Waals surface area contributed by atoms with Gasteiger partial charge < -0.3 is 14.7 Å². The fourth-order valence-corrected chi connectivity index (χ4v) is 7.02. The Morgan fingerprint density at radius 2 is 1.87 bits per heavy atom. The largest absolute Gasteiger partial charge is 0.496 e. The molecule has 4 unspecified atom stereocenters. The quantitative estimate of drug-likeness (QED) is 0.290. The third-order valence-electron chi connectivity index (χ3n) is 8.35. The lowest BCUT2D eigenvalue weighted by atomic mass is 9.65. The van der Waals surface area contributed by atoms with E-state index in [-0.39, 0.29) is 32.5 Å². The van der Waals surface area contributed by atoms with Crippen LogP contribution in [0.15, 0.2) is 66.4 Å². The Balaban J connectivity index is 1.87. The van der Waals surface area contributed by atoms with E-state index in [4.69, 9.17) is 27.9 Å². The lowest BCUT2D eigenvalue weighted by Gasteiger charge is -2.37. The van der Waals surface area contributed by atoms with Crippen molar-refractivity contribution in [3.05, 3.63) is 105 Å². The number of ether oxygens (including phenoxy) is 1. The van der Waals surface area contributed by atoms with Gasteiger partial charge in [0.25, 0.3) is 5.91 Å². The second kappa shape index (κ2) is 11.7. The zero-order valence-electron chi connectivity index (χ0n) is 25.2. The highest BCUT2D eigenvalue weighted by atomic mass is 35.5. The van der Waals surface area contributed by atoms with Crippen molar-refractivity contribution in [2.24, 2.45) is 5.41 Å². The molecule has 2 saturated heterocycles. The standard InChI is InChI=1S/C34H31Cl2F2N3O4/c1-6-27-40(19-11-12-20(32(43)44)25(15-19)45-5)31(42)30-28(21-8-7-9-23(36)29(21)38)34(17-39,22-13-10-18(35)14-24(22)37)26(41(27)30)16-33(2,3)4/h7-16,27-28,30H,6H2,1-5H3,(H,43,44). The topological polar surface area (TPSA) is 93.9 Å². The number of fused-ring (bicyclic) bond motifs is 1. The molecule has 2 heterocycles. The molecule has 0 bridgehead atoms. The van der Waals surface area contributed by atoms with E-state index < -0.39 is 52.5 Å². The summed E-state index contributed by atoms with van der Waals surface area (Å²) >= 11 is 12.4. The number of rotatable bonds is 6. The van der Waals surface area contributed by atoms with Crippen LogP contribution >= 0.6 is 23.2 Å². The Morgan fingerprint density at radius 3 is 2.44 bits per heavy atom. The van der Waals surface area contributed by atoms with Crippen molar-refractivity contribution in [2.45, 2.75) is 57.7 Å². The smallest absolute Gasteiger partial charge is 0.339 e. The van der Waals surface area contributed by atoms with Gasteiger partial charge in [-0.05, 0) is 47.7 Å². The number of hydrogen-bond acceptors (Lipinski definition) is 5. The molecular formula is C34H31Cl2F2N3O4. The summed E-state index contributed by atoms with van der Waals surface area (Å²) < 4.78 is 37.5. The molecule has 1 amide bonds. The van der Waals surface area contributed by atoms with Crippen molar-refractivity contribution in [3.8, 4) is 11.8 Å². The second-order valence-electron chi connectivity index (χ2n) is 12.2. The number of benzene rings is 3. The molecule has 0 aliphatic carbocycles. The number of anilines is 1. The maximum atomic E-state index is 16.1. The molecule has 5 rings (SSSR count). The normalized spacial score (nSPS) is 23.8. The van der Waals surface area contributed by atoms with E-state index in [0.717, 1.165) is 6.07 Å². The van der Waals surface area contributed by atoms with E-state index in [2.05, 4.69) is 6.07 Å². The molecule has 0 radical (unpaired) electrons. The molecule has 7 nitrogen and oxygen atoms in total. The van der Waals surface area contributed by atoms with Gasteiger partial charge in [-0.1, -0.05) is 75.2 Å². The highest BCUT2D eigenvalue weighted by molar-refractivity contribution is 6.31. The first-order chi connectivity index (χ1) is 21.2. The molecule has 45 heavy (non-hydrogen) atoms. The number of aromatic carboxylic acids is 1. The lowest BCUT2D eigenvalue weighted by Crippen LogP contribution is -2.44. The van der Waals surface area contributed by atoms with Crippen molar-refractivity contribution in [3.63, 3.8) is 0 Å². The third kappa shape index (κ3) is 5.10. The van der Waals surface area contributed by atoms with Gasteiger partial charge in [0.1, 0.15) is 40.6 Å². The fourth-order valence-electron chi connectivity index (χ4n) is 6.68. The molecule has 0 spiro atoms. The van der Waals surface area contributed by atoms with E-state index in [1.165, 1.54) is 60.5 Å². The predicted molar refractivity (Wildman–Crippen MR) is 168 cm³/mol. The molecule has 11 heteroatoms. The monoisotopic (exact) mass is 653 g/mol. The van der Waals surface area contributed by atoms with Crippen LogP contribution in [0.1, 0.15) is 61.5 Å². The Morgan fingerprint density at radius 1 is 1.16 bits per heavy atom. The summed E-state index contributed by atoms with van der Waals surface area (Å²) in [6.07, 6.45) is 1.46. The highest BCUT2D eigenvalue weighted by Gasteiger charge is 2.67. The number of amides is 1. The zero-order chi connectivity index (χ0) is 33.0. The molecule has 3 aromatic rings. The van der Waals surface area contributed by atoms with Crippen molar-refractivity contribution in [1.82, 2.24) is 4.90 Å². The van der Waals surface area contributed by atoms with Gasteiger partial charge in [-0.25, -0.2) is 13.6 Å². The van der Waals surface area contributed by atoms with Gasteiger partial charge in [0, 0.05) is 34.0 Å². The van der Waals surface area contributed by atoms with Crippen LogP contribution in [0.3, 0.4) is 0 Å². The Bertz CT molecular complexity index is 1780. The van der Waals surface area contributed by atoms with Gasteiger partial charge in [-0.2, -0.15) is 5.26 Å². The van der Waals surface area contributed by atoms with Gasteiger partial charge in [0.05, 0.1) is 18.2 Å². The van der Waals surface area contributed by atoms with Gasteiger partial charge >= 0.3 is 5.97 Å². The summed E-state index contributed by atoms with van der Waals surface area (Å²) in [6.45, 7) is 7.59. The van der Waals surface area contributed by atoms with E-state index in [1.807, 2.05) is 33.8 Å². The number of halogens is 4. The van der Waals surface area contributed by atoms with Gasteiger partial charge in [0.2, 0.25) is 0 Å². The molecule has 234 valence electrons. The van der Waals surface area contributed by atoms with Crippen LogP contribution in [0.4, 0.5) is 14.5 Å². The van der Waals surface area contributed by atoms with E-state index >= 15 is 8.78 Å². The number of nitrogens with zero attached hydrogens (tertiary/aromatic N) is 3. The van der Waals surface area contributed by atoms with Gasteiger partial charge in [-0.15, -0.1) is 0 Å². The highest BCUT2D eigenvalue weighted by Crippen LogP contribution is 2.60. The summed E-state index contributed by atoms with van der Waals surface area (Å²) in [5, 5.41) is 20.7. The van der Waals surface area contributed by atoms with Crippen molar-refractivity contribution in [1.29, 1.82) is 5.26 Å². The number of carboxylic acid groups (broad SMARTS) is 1. The number of carboxylic acids is 1. The minimum Gasteiger partial charge on any atom is -0.496 e. The zero-order valence-corrected chi connectivity index (χ0v) is 26.7. The Kier molecular flexibility index (Phi) is 8.36. The average molecular weight is 655 g/mol. The first-order valence-corrected chi connectivity index (χ1v) is 15.0. The molecule has 2 aliphatic heterocycles. The number of carbonyl (C=O) groups is 2. The fraction of sp³-hybridized carbons (Fsp3) is 0.324. The molecule has 0 aromatic heterocycles. The summed E-state index contributed by atoms with van der Waals surface area (Å²) in [7, 11) is 1.33. The minimum atomic E-state index is -1.88. The first-order valence-electron chi connectivity index (χ1n) is 14.3. The summed E-state index contributed by atoms with van der Waals surface area (Å²) in [5.41, 5.74) is -1.92. The van der Waals surface area contributed by atoms with Crippen LogP contribution < -0.4 is 9.64 Å². The predicted octanol–water partition coefficient (Wildman–Crippen LogP) is 7.92.